The monoisotopic (exact) mass is 410 g/mol. The third-order valence-electron chi connectivity index (χ3n) is 4.19. The summed E-state index contributed by atoms with van der Waals surface area (Å²) in [4.78, 5) is 25.8. The summed E-state index contributed by atoms with van der Waals surface area (Å²) in [6, 6.07) is 9.75. The van der Waals surface area contributed by atoms with E-state index in [4.69, 9.17) is 23.2 Å². The van der Waals surface area contributed by atoms with Gasteiger partial charge < -0.3 is 0 Å². The number of aromatic nitrogens is 2. The van der Waals surface area contributed by atoms with Gasteiger partial charge >= 0.3 is 5.69 Å². The molecule has 4 nitrogen and oxygen atoms in total. The number of nitrogens with zero attached hydrogens (tertiary/aromatic N) is 2. The molecular weight excluding hydrogens is 395 g/mol. The SMILES string of the molecule is C=C/C=C(\C)C#Cc1ccc(-n2c(=O)c3ccc(Cl)cc3n(C)c2=O)c(Cl)c1. The minimum absolute atomic E-state index is 0.254. The third kappa shape index (κ3) is 3.68. The van der Waals surface area contributed by atoms with Crippen LogP contribution in [0.2, 0.25) is 10.0 Å². The van der Waals surface area contributed by atoms with Crippen LogP contribution >= 0.6 is 23.2 Å². The lowest BCUT2D eigenvalue weighted by Gasteiger charge is -2.12. The van der Waals surface area contributed by atoms with Crippen LogP contribution in [-0.4, -0.2) is 9.13 Å². The molecule has 0 aliphatic carbocycles. The van der Waals surface area contributed by atoms with Gasteiger partial charge in [0.05, 0.1) is 21.6 Å². The summed E-state index contributed by atoms with van der Waals surface area (Å²) in [6.07, 6.45) is 3.46. The summed E-state index contributed by atoms with van der Waals surface area (Å²) in [6.45, 7) is 5.50. The Morgan fingerprint density at radius 2 is 1.89 bits per heavy atom. The highest BCUT2D eigenvalue weighted by molar-refractivity contribution is 6.32. The Morgan fingerprint density at radius 3 is 2.57 bits per heavy atom. The highest BCUT2D eigenvalue weighted by Crippen LogP contribution is 2.21. The Labute approximate surface area is 171 Å². The molecule has 1 heterocycles. The van der Waals surface area contributed by atoms with Crippen molar-refractivity contribution in [2.75, 3.05) is 0 Å². The first kappa shape index (κ1) is 19.8. The van der Waals surface area contributed by atoms with Gasteiger partial charge in [0.1, 0.15) is 0 Å². The fourth-order valence-electron chi connectivity index (χ4n) is 2.79. The van der Waals surface area contributed by atoms with E-state index in [-0.39, 0.29) is 5.02 Å². The van der Waals surface area contributed by atoms with Gasteiger partial charge in [-0.25, -0.2) is 9.36 Å². The summed E-state index contributed by atoms with van der Waals surface area (Å²) in [5, 5.41) is 1.07. The molecule has 3 aromatic rings. The quantitative estimate of drug-likeness (QED) is 0.461. The highest BCUT2D eigenvalue weighted by Gasteiger charge is 2.15. The average Bonchev–Trinajstić information content (AvgIpc) is 2.66. The Kier molecular flexibility index (Phi) is 5.60. The maximum absolute atomic E-state index is 12.9. The number of fused-ring (bicyclic) bond motifs is 1. The Morgan fingerprint density at radius 1 is 1.14 bits per heavy atom. The zero-order valence-electron chi connectivity index (χ0n) is 15.3. The normalized spacial score (nSPS) is 11.2. The number of halogens is 2. The molecule has 6 heteroatoms. The minimum Gasteiger partial charge on any atom is -0.296 e. The summed E-state index contributed by atoms with van der Waals surface area (Å²) in [5.41, 5.74) is 1.32. The topological polar surface area (TPSA) is 44.0 Å². The average molecular weight is 411 g/mol. The van der Waals surface area contributed by atoms with Crippen LogP contribution in [0, 0.1) is 11.8 Å². The molecule has 0 spiro atoms. The molecule has 0 fully saturated rings. The number of aryl methyl sites for hydroxylation is 1. The fourth-order valence-corrected chi connectivity index (χ4v) is 3.22. The molecule has 0 saturated heterocycles. The second-order valence-electron chi connectivity index (χ2n) is 6.15. The van der Waals surface area contributed by atoms with Crippen LogP contribution in [0.3, 0.4) is 0 Å². The Bertz CT molecular complexity index is 1320. The van der Waals surface area contributed by atoms with Gasteiger partial charge in [0.15, 0.2) is 0 Å². The van der Waals surface area contributed by atoms with E-state index in [0.717, 1.165) is 10.1 Å². The molecule has 3 rings (SSSR count). The van der Waals surface area contributed by atoms with Crippen molar-refractivity contribution in [2.24, 2.45) is 7.05 Å². The fraction of sp³-hybridized carbons (Fsp3) is 0.0909. The molecule has 0 bridgehead atoms. The third-order valence-corrected chi connectivity index (χ3v) is 4.73. The van der Waals surface area contributed by atoms with E-state index in [9.17, 15) is 9.59 Å². The summed E-state index contributed by atoms with van der Waals surface area (Å²) in [7, 11) is 1.58. The lowest BCUT2D eigenvalue weighted by Crippen LogP contribution is -2.38. The van der Waals surface area contributed by atoms with Crippen LogP contribution in [0.25, 0.3) is 16.6 Å². The number of hydrogen-bond acceptors (Lipinski definition) is 2. The lowest BCUT2D eigenvalue weighted by molar-refractivity contribution is 0.774. The molecule has 0 amide bonds. The van der Waals surface area contributed by atoms with Crippen molar-refractivity contribution >= 4 is 34.1 Å². The van der Waals surface area contributed by atoms with Crippen LogP contribution in [-0.2, 0) is 7.05 Å². The molecule has 0 N–H and O–H groups in total. The van der Waals surface area contributed by atoms with E-state index in [1.807, 2.05) is 6.92 Å². The van der Waals surface area contributed by atoms with Crippen LogP contribution in [0.1, 0.15) is 12.5 Å². The van der Waals surface area contributed by atoms with E-state index in [0.29, 0.717) is 27.2 Å². The Balaban J connectivity index is 2.20. The predicted octanol–water partition coefficient (Wildman–Crippen LogP) is 4.48. The number of hydrogen-bond donors (Lipinski definition) is 0. The minimum atomic E-state index is -0.509. The first-order chi connectivity index (χ1) is 13.3. The van der Waals surface area contributed by atoms with Gasteiger partial charge in [-0.05, 0) is 48.9 Å². The van der Waals surface area contributed by atoms with E-state index < -0.39 is 11.2 Å². The molecular formula is C22H16Cl2N2O2. The molecule has 2 aromatic carbocycles. The zero-order valence-corrected chi connectivity index (χ0v) is 16.8. The van der Waals surface area contributed by atoms with E-state index >= 15 is 0 Å². The first-order valence-corrected chi connectivity index (χ1v) is 9.11. The zero-order chi connectivity index (χ0) is 20.4. The van der Waals surface area contributed by atoms with Gasteiger partial charge in [0, 0.05) is 17.6 Å². The van der Waals surface area contributed by atoms with Gasteiger partial charge in [-0.15, -0.1) is 0 Å². The van der Waals surface area contributed by atoms with Crippen LogP contribution in [0.4, 0.5) is 0 Å². The summed E-state index contributed by atoms with van der Waals surface area (Å²) >= 11 is 12.4. The van der Waals surface area contributed by atoms with Crippen LogP contribution < -0.4 is 11.2 Å². The maximum Gasteiger partial charge on any atom is 0.335 e. The first-order valence-electron chi connectivity index (χ1n) is 8.36. The van der Waals surface area contributed by atoms with Gasteiger partial charge in [-0.2, -0.15) is 0 Å². The van der Waals surface area contributed by atoms with Gasteiger partial charge in [-0.1, -0.05) is 53.8 Å². The van der Waals surface area contributed by atoms with Crippen LogP contribution in [0.5, 0.6) is 0 Å². The van der Waals surface area contributed by atoms with Crippen molar-refractivity contribution in [3.8, 4) is 17.5 Å². The number of rotatable bonds is 2. The molecule has 0 saturated carbocycles. The molecule has 0 atom stereocenters. The van der Waals surface area contributed by atoms with Crippen molar-refractivity contribution in [3.05, 3.63) is 97.1 Å². The van der Waals surface area contributed by atoms with Crippen molar-refractivity contribution in [3.63, 3.8) is 0 Å². The lowest BCUT2D eigenvalue weighted by atomic mass is 10.1. The van der Waals surface area contributed by atoms with Gasteiger partial charge in [0.25, 0.3) is 5.56 Å². The number of allylic oxidation sites excluding steroid dienone is 3. The predicted molar refractivity (Wildman–Crippen MR) is 116 cm³/mol. The molecule has 0 unspecified atom stereocenters. The second kappa shape index (κ2) is 7.93. The summed E-state index contributed by atoms with van der Waals surface area (Å²) < 4.78 is 2.43. The maximum atomic E-state index is 12.9. The molecule has 140 valence electrons. The van der Waals surface area contributed by atoms with Gasteiger partial charge in [-0.3, -0.25) is 9.36 Å². The summed E-state index contributed by atoms with van der Waals surface area (Å²) in [5.74, 6) is 5.97. The smallest absolute Gasteiger partial charge is 0.296 e. The van der Waals surface area contributed by atoms with Crippen molar-refractivity contribution in [1.82, 2.24) is 9.13 Å². The van der Waals surface area contributed by atoms with E-state index in [2.05, 4.69) is 18.4 Å². The standard InChI is InChI=1S/C22H16Cl2N2O2/c1-4-5-14(2)6-7-15-8-11-19(18(24)12-15)26-21(27)17-10-9-16(23)13-20(17)25(3)22(26)28/h4-5,8-13H,1H2,2-3H3/b14-5+. The van der Waals surface area contributed by atoms with Crippen molar-refractivity contribution in [1.29, 1.82) is 0 Å². The largest absolute Gasteiger partial charge is 0.335 e. The van der Waals surface area contributed by atoms with Gasteiger partial charge in [0.2, 0.25) is 0 Å². The van der Waals surface area contributed by atoms with Crippen molar-refractivity contribution in [2.45, 2.75) is 6.92 Å². The Hall–Kier alpha value is -3.00. The van der Waals surface area contributed by atoms with E-state index in [1.54, 1.807) is 55.6 Å². The highest BCUT2D eigenvalue weighted by atomic mass is 35.5. The van der Waals surface area contributed by atoms with Crippen molar-refractivity contribution < 1.29 is 0 Å². The van der Waals surface area contributed by atoms with Crippen LogP contribution in [0.15, 0.2) is 70.3 Å². The second-order valence-corrected chi connectivity index (χ2v) is 6.99. The number of benzene rings is 2. The molecule has 28 heavy (non-hydrogen) atoms. The molecule has 1 aromatic heterocycles. The van der Waals surface area contributed by atoms with E-state index in [1.165, 1.54) is 4.57 Å². The molecule has 0 aliphatic rings. The molecule has 0 radical (unpaired) electrons. The molecule has 0 aliphatic heterocycles.